The van der Waals surface area contributed by atoms with E-state index in [4.69, 9.17) is 9.47 Å². The van der Waals surface area contributed by atoms with Gasteiger partial charge in [0, 0.05) is 12.1 Å². The molecule has 10 heteroatoms. The number of hydrogen-bond donors (Lipinski definition) is 0. The highest BCUT2D eigenvalue weighted by atomic mass is 19.4. The fourth-order valence-electron chi connectivity index (χ4n) is 1.90. The summed E-state index contributed by atoms with van der Waals surface area (Å²) in [5, 5.41) is 10.5. The van der Waals surface area contributed by atoms with Gasteiger partial charge in [-0.15, -0.1) is 0 Å². The van der Waals surface area contributed by atoms with Crippen molar-refractivity contribution in [1.82, 2.24) is 0 Å². The van der Waals surface area contributed by atoms with Crippen LogP contribution in [0.5, 0.6) is 11.5 Å². The summed E-state index contributed by atoms with van der Waals surface area (Å²) in [6.07, 6.45) is -4.92. The molecule has 7 nitrogen and oxygen atoms in total. The lowest BCUT2D eigenvalue weighted by Crippen LogP contribution is -2.12. The zero-order valence-electron chi connectivity index (χ0n) is 11.2. The maximum Gasteiger partial charge on any atom is 0.449 e. The largest absolute Gasteiger partial charge is 0.493 e. The Hall–Kier alpha value is -2.78. The van der Waals surface area contributed by atoms with Crippen LogP contribution in [-0.2, 0) is 6.18 Å². The molecule has 1 heterocycles. The fourth-order valence-corrected chi connectivity index (χ4v) is 1.90. The Morgan fingerprint density at radius 2 is 1.77 bits per heavy atom. The van der Waals surface area contributed by atoms with Gasteiger partial charge in [0.15, 0.2) is 16.7 Å². The van der Waals surface area contributed by atoms with Crippen LogP contribution in [-0.4, -0.2) is 19.1 Å². The Kier molecular flexibility index (Phi) is 3.69. The normalized spacial score (nSPS) is 11.5. The van der Waals surface area contributed by atoms with Crippen molar-refractivity contribution < 1.29 is 32.0 Å². The molecule has 0 saturated carbocycles. The van der Waals surface area contributed by atoms with Crippen molar-refractivity contribution in [2.45, 2.75) is 6.18 Å². The Morgan fingerprint density at radius 3 is 2.23 bits per heavy atom. The topological polar surface area (TPSA) is 91.8 Å². The maximum absolute atomic E-state index is 12.7. The standard InChI is InChI=1S/C12H8F3NO6/c1-20-6-4-7(21-2)11-9(10(6)16(18)19)5(17)3-8(22-11)12(13,14)15/h3-4H,1-2H3. The van der Waals surface area contributed by atoms with Crippen molar-refractivity contribution in [2.24, 2.45) is 0 Å². The van der Waals surface area contributed by atoms with Crippen molar-refractivity contribution in [2.75, 3.05) is 14.2 Å². The highest BCUT2D eigenvalue weighted by molar-refractivity contribution is 5.94. The molecule has 1 aromatic carbocycles. The molecule has 0 aliphatic carbocycles. The molecule has 0 unspecified atom stereocenters. The van der Waals surface area contributed by atoms with E-state index in [0.29, 0.717) is 0 Å². The first kappa shape index (κ1) is 15.6. The number of halogens is 3. The van der Waals surface area contributed by atoms with E-state index in [9.17, 15) is 28.1 Å². The van der Waals surface area contributed by atoms with Gasteiger partial charge < -0.3 is 13.9 Å². The molecule has 0 aliphatic rings. The number of nitrogens with zero attached hydrogens (tertiary/aromatic N) is 1. The van der Waals surface area contributed by atoms with Crippen molar-refractivity contribution in [3.05, 3.63) is 38.2 Å². The van der Waals surface area contributed by atoms with Crippen LogP contribution in [0, 0.1) is 10.1 Å². The number of methoxy groups -OCH3 is 2. The predicted molar refractivity (Wildman–Crippen MR) is 67.2 cm³/mol. The summed E-state index contributed by atoms with van der Waals surface area (Å²) >= 11 is 0. The summed E-state index contributed by atoms with van der Waals surface area (Å²) in [5.41, 5.74) is -2.69. The summed E-state index contributed by atoms with van der Waals surface area (Å²) in [7, 11) is 2.22. The molecule has 0 atom stereocenters. The Labute approximate surface area is 120 Å². The molecule has 1 aromatic heterocycles. The van der Waals surface area contributed by atoms with Crippen LogP contribution in [0.15, 0.2) is 21.3 Å². The SMILES string of the molecule is COc1cc(OC)c2oc(C(F)(F)F)cc(=O)c2c1[N+](=O)[O-]. The zero-order valence-corrected chi connectivity index (χ0v) is 11.2. The number of hydrogen-bond acceptors (Lipinski definition) is 6. The van der Waals surface area contributed by atoms with Gasteiger partial charge in [-0.05, 0) is 0 Å². The molecule has 0 N–H and O–H groups in total. The van der Waals surface area contributed by atoms with E-state index in [1.807, 2.05) is 0 Å². The minimum atomic E-state index is -4.92. The van der Waals surface area contributed by atoms with E-state index >= 15 is 0 Å². The van der Waals surface area contributed by atoms with Gasteiger partial charge in [-0.2, -0.15) is 13.2 Å². The van der Waals surface area contributed by atoms with E-state index < -0.39 is 38.9 Å². The van der Waals surface area contributed by atoms with E-state index in [-0.39, 0.29) is 17.6 Å². The van der Waals surface area contributed by atoms with E-state index in [1.54, 1.807) is 0 Å². The van der Waals surface area contributed by atoms with Crippen LogP contribution in [0.1, 0.15) is 5.76 Å². The number of nitro groups is 1. The molecule has 118 valence electrons. The van der Waals surface area contributed by atoms with Gasteiger partial charge in [0.25, 0.3) is 0 Å². The average molecular weight is 319 g/mol. The maximum atomic E-state index is 12.7. The third-order valence-corrected chi connectivity index (χ3v) is 2.81. The zero-order chi connectivity index (χ0) is 16.7. The van der Waals surface area contributed by atoms with Gasteiger partial charge in [0.05, 0.1) is 19.1 Å². The fraction of sp³-hybridized carbons (Fsp3) is 0.250. The molecule has 0 amide bonds. The molecule has 22 heavy (non-hydrogen) atoms. The van der Waals surface area contributed by atoms with Crippen molar-refractivity contribution in [1.29, 1.82) is 0 Å². The van der Waals surface area contributed by atoms with Crippen molar-refractivity contribution in [3.8, 4) is 11.5 Å². The molecule has 0 radical (unpaired) electrons. The second kappa shape index (κ2) is 5.20. The highest BCUT2D eigenvalue weighted by Gasteiger charge is 2.37. The lowest BCUT2D eigenvalue weighted by molar-refractivity contribution is -0.384. The summed E-state index contributed by atoms with van der Waals surface area (Å²) in [6, 6.07) is 1.12. The highest BCUT2D eigenvalue weighted by Crippen LogP contribution is 2.41. The third-order valence-electron chi connectivity index (χ3n) is 2.81. The first-order chi connectivity index (χ1) is 10.2. The molecule has 0 spiro atoms. The number of fused-ring (bicyclic) bond motifs is 1. The number of rotatable bonds is 3. The van der Waals surface area contributed by atoms with E-state index in [2.05, 4.69) is 4.42 Å². The third kappa shape index (κ3) is 2.43. The Balaban J connectivity index is 3.03. The monoisotopic (exact) mass is 319 g/mol. The lowest BCUT2D eigenvalue weighted by Gasteiger charge is -2.11. The van der Waals surface area contributed by atoms with Crippen LogP contribution < -0.4 is 14.9 Å². The van der Waals surface area contributed by atoms with Gasteiger partial charge in [0.1, 0.15) is 0 Å². The van der Waals surface area contributed by atoms with Gasteiger partial charge in [-0.1, -0.05) is 0 Å². The number of benzene rings is 1. The first-order valence-corrected chi connectivity index (χ1v) is 5.65. The molecule has 2 aromatic rings. The number of ether oxygens (including phenoxy) is 2. The molecule has 0 saturated heterocycles. The quantitative estimate of drug-likeness (QED) is 0.638. The van der Waals surface area contributed by atoms with Crippen LogP contribution in [0.4, 0.5) is 18.9 Å². The Bertz CT molecular complexity index is 811. The molecular weight excluding hydrogens is 311 g/mol. The van der Waals surface area contributed by atoms with Crippen molar-refractivity contribution >= 4 is 16.7 Å². The second-order valence-corrected chi connectivity index (χ2v) is 4.06. The van der Waals surface area contributed by atoms with Crippen LogP contribution in [0.2, 0.25) is 0 Å². The van der Waals surface area contributed by atoms with Crippen LogP contribution in [0.3, 0.4) is 0 Å². The summed E-state index contributed by atoms with van der Waals surface area (Å²) in [4.78, 5) is 22.1. The predicted octanol–water partition coefficient (Wildman–Crippen LogP) is 2.74. The average Bonchev–Trinajstić information content (AvgIpc) is 2.44. The van der Waals surface area contributed by atoms with Crippen LogP contribution in [0.25, 0.3) is 11.0 Å². The smallest absolute Gasteiger partial charge is 0.449 e. The lowest BCUT2D eigenvalue weighted by atomic mass is 10.1. The molecular formula is C12H8F3NO6. The van der Waals surface area contributed by atoms with E-state index in [1.165, 1.54) is 0 Å². The first-order valence-electron chi connectivity index (χ1n) is 5.65. The number of nitro benzene ring substituents is 1. The summed E-state index contributed by atoms with van der Waals surface area (Å²) < 4.78 is 52.3. The summed E-state index contributed by atoms with van der Waals surface area (Å²) in [6.45, 7) is 0. The minimum Gasteiger partial charge on any atom is -0.493 e. The molecule has 0 bridgehead atoms. The van der Waals surface area contributed by atoms with Gasteiger partial charge in [-0.25, -0.2) is 0 Å². The molecule has 0 aliphatic heterocycles. The number of alkyl halides is 3. The molecule has 0 fully saturated rings. The van der Waals surface area contributed by atoms with Gasteiger partial charge in [0.2, 0.25) is 16.9 Å². The van der Waals surface area contributed by atoms with E-state index in [0.717, 1.165) is 20.3 Å². The van der Waals surface area contributed by atoms with Crippen LogP contribution >= 0.6 is 0 Å². The van der Waals surface area contributed by atoms with Crippen molar-refractivity contribution in [3.63, 3.8) is 0 Å². The second-order valence-electron chi connectivity index (χ2n) is 4.06. The molecule has 2 rings (SSSR count). The van der Waals surface area contributed by atoms with Gasteiger partial charge >= 0.3 is 11.9 Å². The van der Waals surface area contributed by atoms with Gasteiger partial charge in [-0.3, -0.25) is 14.9 Å². The summed E-state index contributed by atoms with van der Waals surface area (Å²) in [5.74, 6) is -2.20. The minimum absolute atomic E-state index is 0.147. The Morgan fingerprint density at radius 1 is 1.18 bits per heavy atom.